The second-order valence-electron chi connectivity index (χ2n) is 22.7. The Labute approximate surface area is 463 Å². The standard InChI is InChI=1S/C52H71N11O16S/c1-8-24(2)41-47(76)55-17-37(68)56-33-21-80(78)49-29-15-32(44(73)54-18-38(69)60-41)58-48(77)42(25(3)35(66)20-64)61-46(75)34-13-26(65)19-62(34)52(43(72)31(16-36(53)67)57-45(33)74,79-27-9-10-28(29)30(14-27)59-49)23-50(4,5)22-51(6,7)63-39(70)11-12-40(63)71/h9-12,14,24-26,31-35,41-42,59,64-66H,8,13,15-23H2,1-7H3,(H2,53,67)(H,54,73)(H,55,76)(H,56,68)(H,57,74)(H,58,77)(H,60,69)(H,61,75)/t24-,25-,26+,31-,32?,33?,34-,35-,41-,42-,52?,80?/m0/s1. The molecule has 8 rings (SSSR count). The van der Waals surface area contributed by atoms with Gasteiger partial charge in [0.25, 0.3) is 11.8 Å². The summed E-state index contributed by atoms with van der Waals surface area (Å²) in [5.41, 5.74) is 0.801. The number of Topliss-reactive ketones (excluding diaryl/α,β-unsaturated/α-hetero) is 1. The number of aromatic amines is 1. The number of carbonyl (C=O) groups excluding carboxylic acids is 11. The molecule has 27 nitrogen and oxygen atoms in total. The molecule has 436 valence electrons. The lowest BCUT2D eigenvalue weighted by Gasteiger charge is -2.49. The van der Waals surface area contributed by atoms with Crippen LogP contribution >= 0.6 is 0 Å². The third-order valence-electron chi connectivity index (χ3n) is 15.4. The molecule has 13 N–H and O–H groups in total. The lowest BCUT2D eigenvalue weighted by atomic mass is 9.72. The number of imide groups is 1. The van der Waals surface area contributed by atoms with E-state index in [1.165, 1.54) is 30.0 Å². The SMILES string of the molecule is CC[C@H](C)[C@@H]1NC(=O)CNC(=O)C2Cc3c4[nH]c5cc(ccc35)OC(CC(C)(C)CC(C)(C)N3C(=O)C=CC3=O)(C(=O)[C@H](CC(N)=O)NC(=O)C(C[S+]4[O-])NC(=O)CNC1=O)N1C[C@H](O)C[C@H]1C(=O)N[C@@H]([C@@H](C)[C@@H](O)CO)C(=O)N2. The molecule has 0 saturated carbocycles. The second-order valence-corrected chi connectivity index (χ2v) is 24.1. The first-order valence-electron chi connectivity index (χ1n) is 26.4. The van der Waals surface area contributed by atoms with E-state index in [0.717, 1.165) is 17.1 Å². The zero-order valence-electron chi connectivity index (χ0n) is 45.5. The number of ether oxygens (including phenoxy) is 1. The van der Waals surface area contributed by atoms with Gasteiger partial charge in [-0.05, 0) is 50.2 Å². The lowest BCUT2D eigenvalue weighted by Crippen LogP contribution is -2.69. The van der Waals surface area contributed by atoms with Gasteiger partial charge in [-0.15, -0.1) is 0 Å². The molecule has 12 atom stereocenters. The van der Waals surface area contributed by atoms with E-state index in [0.29, 0.717) is 6.42 Å². The van der Waals surface area contributed by atoms with Crippen LogP contribution in [0.2, 0.25) is 0 Å². The number of aromatic nitrogens is 1. The number of amides is 10. The average Bonchev–Trinajstić information content (AvgIpc) is 4.22. The Hall–Kier alpha value is -6.98. The molecule has 4 unspecified atom stereocenters. The Morgan fingerprint density at radius 3 is 2.15 bits per heavy atom. The predicted molar refractivity (Wildman–Crippen MR) is 282 cm³/mol. The molecule has 6 aliphatic heterocycles. The largest absolute Gasteiger partial charge is 0.610 e. The summed E-state index contributed by atoms with van der Waals surface area (Å²) in [6, 6.07) is -6.15. The maximum Gasteiger partial charge on any atom is 0.254 e. The summed E-state index contributed by atoms with van der Waals surface area (Å²) in [6.45, 7) is 8.22. The molecule has 1 fully saturated rings. The molecule has 0 spiro atoms. The van der Waals surface area contributed by atoms with Gasteiger partial charge in [-0.25, -0.2) is 4.90 Å². The molecule has 1 saturated heterocycles. The van der Waals surface area contributed by atoms with Crippen LogP contribution in [0, 0.1) is 17.3 Å². The number of aliphatic hydroxyl groups excluding tert-OH is 3. The van der Waals surface area contributed by atoms with Crippen LogP contribution in [0.25, 0.3) is 10.9 Å². The Bertz CT molecular complexity index is 2860. The molecule has 8 bridgehead atoms. The Morgan fingerprint density at radius 1 is 0.863 bits per heavy atom. The van der Waals surface area contributed by atoms with Crippen molar-refractivity contribution < 1.29 is 77.3 Å². The highest BCUT2D eigenvalue weighted by atomic mass is 32.2. The third kappa shape index (κ3) is 12.9. The number of hydrogen-bond donors (Lipinski definition) is 12. The van der Waals surface area contributed by atoms with Crippen LogP contribution in [0.3, 0.4) is 0 Å². The molecular formula is C52H71N11O16S. The maximum absolute atomic E-state index is 16.4. The van der Waals surface area contributed by atoms with Gasteiger partial charge < -0.3 is 72.5 Å². The van der Waals surface area contributed by atoms with Gasteiger partial charge in [-0.1, -0.05) is 41.0 Å². The number of aliphatic hydroxyl groups is 3. The number of hydrogen-bond acceptors (Lipinski definition) is 17. The Balaban J connectivity index is 1.54. The van der Waals surface area contributed by atoms with E-state index in [2.05, 4.69) is 42.2 Å². The minimum absolute atomic E-state index is 0.0806. The fourth-order valence-electron chi connectivity index (χ4n) is 11.6. The molecule has 0 aliphatic carbocycles. The van der Waals surface area contributed by atoms with Crippen LogP contribution in [0.5, 0.6) is 5.75 Å². The topological polar surface area (TPSA) is 413 Å². The van der Waals surface area contributed by atoms with E-state index in [9.17, 15) is 53.7 Å². The van der Waals surface area contributed by atoms with Gasteiger partial charge in [-0.2, -0.15) is 0 Å². The molecule has 0 radical (unpaired) electrons. The van der Waals surface area contributed by atoms with Crippen molar-refractivity contribution in [2.45, 2.75) is 152 Å². The maximum atomic E-state index is 16.4. The smallest absolute Gasteiger partial charge is 0.254 e. The van der Waals surface area contributed by atoms with Crippen molar-refractivity contribution in [3.05, 3.63) is 35.9 Å². The molecule has 6 aliphatic rings. The van der Waals surface area contributed by atoms with Crippen molar-refractivity contribution in [2.75, 3.05) is 32.0 Å². The van der Waals surface area contributed by atoms with Crippen molar-refractivity contribution in [1.29, 1.82) is 0 Å². The van der Waals surface area contributed by atoms with Crippen LogP contribution in [0.15, 0.2) is 35.4 Å². The highest BCUT2D eigenvalue weighted by Gasteiger charge is 2.60. The molecule has 1 aromatic heterocycles. The van der Waals surface area contributed by atoms with E-state index in [-0.39, 0.29) is 33.7 Å². The van der Waals surface area contributed by atoms with Gasteiger partial charge in [0.1, 0.15) is 35.7 Å². The molecule has 1 aromatic carbocycles. The molecule has 7 heterocycles. The molecule has 28 heteroatoms. The number of primary amides is 1. The summed E-state index contributed by atoms with van der Waals surface area (Å²) in [4.78, 5) is 162. The zero-order chi connectivity index (χ0) is 58.9. The second kappa shape index (κ2) is 24.0. The number of H-pyrrole nitrogens is 1. The third-order valence-corrected chi connectivity index (χ3v) is 16.9. The van der Waals surface area contributed by atoms with Gasteiger partial charge in [-0.3, -0.25) is 57.6 Å². The van der Waals surface area contributed by atoms with Crippen molar-refractivity contribution >= 4 is 86.9 Å². The molecule has 2 aromatic rings. The molecular weight excluding hydrogens is 1070 g/mol. The fraction of sp³-hybridized carbons (Fsp3) is 0.596. The highest BCUT2D eigenvalue weighted by molar-refractivity contribution is 7.91. The predicted octanol–water partition coefficient (Wildman–Crippen LogP) is -3.98. The molecule has 10 amide bonds. The minimum atomic E-state index is -2.64. The summed E-state index contributed by atoms with van der Waals surface area (Å²) >= 11 is -2.42. The summed E-state index contributed by atoms with van der Waals surface area (Å²) < 4.78 is 22.1. The number of nitrogens with zero attached hydrogens (tertiary/aromatic N) is 2. The van der Waals surface area contributed by atoms with Crippen LogP contribution in [0.4, 0.5) is 0 Å². The number of nitrogens with two attached hydrogens (primary N) is 1. The van der Waals surface area contributed by atoms with E-state index in [1.807, 2.05) is 0 Å². The molecule has 80 heavy (non-hydrogen) atoms. The number of fused-ring (bicyclic) bond motifs is 7. The van der Waals surface area contributed by atoms with Crippen molar-refractivity contribution in [3.63, 3.8) is 0 Å². The van der Waals surface area contributed by atoms with E-state index in [1.54, 1.807) is 41.5 Å². The van der Waals surface area contributed by atoms with Crippen LogP contribution in [-0.4, -0.2) is 191 Å². The van der Waals surface area contributed by atoms with Gasteiger partial charge >= 0.3 is 0 Å². The van der Waals surface area contributed by atoms with E-state index < -0.39 is 211 Å². The Morgan fingerprint density at radius 2 is 1.51 bits per heavy atom. The van der Waals surface area contributed by atoms with Crippen LogP contribution in [-0.2, 0) is 70.3 Å². The summed E-state index contributed by atoms with van der Waals surface area (Å²) in [5, 5.41) is 50.8. The first-order valence-corrected chi connectivity index (χ1v) is 27.7. The Kier molecular flexibility index (Phi) is 18.2. The van der Waals surface area contributed by atoms with Crippen LogP contribution in [0.1, 0.15) is 86.1 Å². The van der Waals surface area contributed by atoms with Gasteiger partial charge in [0, 0.05) is 71.2 Å². The van der Waals surface area contributed by atoms with Gasteiger partial charge in [0.05, 0.1) is 49.9 Å². The van der Waals surface area contributed by atoms with Crippen molar-refractivity contribution in [2.24, 2.45) is 23.0 Å². The van der Waals surface area contributed by atoms with Gasteiger partial charge in [0.15, 0.2) is 6.04 Å². The van der Waals surface area contributed by atoms with E-state index >= 15 is 18.9 Å². The average molecular weight is 1140 g/mol. The summed E-state index contributed by atoms with van der Waals surface area (Å²) in [7, 11) is 0. The van der Waals surface area contributed by atoms with Gasteiger partial charge in [0.2, 0.25) is 63.8 Å². The van der Waals surface area contributed by atoms with Crippen molar-refractivity contribution in [3.8, 4) is 5.75 Å². The van der Waals surface area contributed by atoms with Crippen LogP contribution < -0.4 is 47.7 Å². The number of benzene rings is 1. The first-order chi connectivity index (χ1) is 37.5. The number of ketones is 1. The minimum Gasteiger partial charge on any atom is -0.610 e. The number of nitrogens with one attached hydrogen (secondary N) is 8. The summed E-state index contributed by atoms with van der Waals surface area (Å²) in [6.07, 6.45) is -3.23. The first kappa shape index (κ1) is 60.7. The summed E-state index contributed by atoms with van der Waals surface area (Å²) in [5.74, 6) is -13.5. The normalized spacial score (nSPS) is 29.1. The quantitative estimate of drug-likeness (QED) is 0.0712. The monoisotopic (exact) mass is 1140 g/mol. The zero-order valence-corrected chi connectivity index (χ0v) is 46.3. The number of rotatable bonds is 12. The lowest BCUT2D eigenvalue weighted by molar-refractivity contribution is -0.172. The highest BCUT2D eigenvalue weighted by Crippen LogP contribution is 2.46. The number of carbonyl (C=O) groups is 11. The van der Waals surface area contributed by atoms with Crippen molar-refractivity contribution in [1.82, 2.24) is 52.0 Å². The fourth-order valence-corrected chi connectivity index (χ4v) is 13.0. The van der Waals surface area contributed by atoms with E-state index in [4.69, 9.17) is 10.5 Å².